The lowest BCUT2D eigenvalue weighted by Gasteiger charge is -2.36. The van der Waals surface area contributed by atoms with Gasteiger partial charge in [0.25, 0.3) is 12.8 Å². The van der Waals surface area contributed by atoms with Gasteiger partial charge in [0.15, 0.2) is 21.4 Å². The Balaban J connectivity index is 2.60. The molecule has 13 heteroatoms. The van der Waals surface area contributed by atoms with E-state index >= 15 is 0 Å². The molecule has 0 saturated heterocycles. The zero-order chi connectivity index (χ0) is 25.8. The number of carbonyl (C=O) groups excluding carboxylic acids is 3. The van der Waals surface area contributed by atoms with Gasteiger partial charge in [0.05, 0.1) is 16.5 Å². The quantitative estimate of drug-likeness (QED) is 0.240. The van der Waals surface area contributed by atoms with Crippen LogP contribution in [0.2, 0.25) is 5.02 Å². The number of rotatable bonds is 11. The largest absolute Gasteiger partial charge is 0.395 e. The van der Waals surface area contributed by atoms with Crippen LogP contribution in [0.15, 0.2) is 17.0 Å². The van der Waals surface area contributed by atoms with E-state index in [1.165, 1.54) is 0 Å². The van der Waals surface area contributed by atoms with E-state index in [0.29, 0.717) is 12.8 Å². The Morgan fingerprint density at radius 2 is 1.94 bits per heavy atom. The van der Waals surface area contributed by atoms with Gasteiger partial charge in [0.2, 0.25) is 21.9 Å². The second kappa shape index (κ2) is 11.4. The molecule has 0 amide bonds. The molecular formula is C21H23ClF3O7SSi. The number of Topliss-reactive ketones (excluding diaryl/α,β-unsaturated/α-hetero) is 3. The highest BCUT2D eigenvalue weighted by molar-refractivity contribution is 7.90. The molecule has 2 rings (SSSR count). The van der Waals surface area contributed by atoms with Crippen molar-refractivity contribution in [2.75, 3.05) is 6.26 Å². The molecule has 34 heavy (non-hydrogen) atoms. The van der Waals surface area contributed by atoms with Crippen LogP contribution in [0.1, 0.15) is 54.9 Å². The van der Waals surface area contributed by atoms with Gasteiger partial charge in [0.1, 0.15) is 0 Å². The van der Waals surface area contributed by atoms with Gasteiger partial charge in [-0.05, 0) is 25.0 Å². The maximum atomic E-state index is 13.5. The molecule has 0 aliphatic heterocycles. The van der Waals surface area contributed by atoms with Crippen LogP contribution in [0.25, 0.3) is 0 Å². The minimum Gasteiger partial charge on any atom is -0.395 e. The summed E-state index contributed by atoms with van der Waals surface area (Å²) in [7, 11) is -1.32. The van der Waals surface area contributed by atoms with Crippen LogP contribution in [-0.4, -0.2) is 60.9 Å². The molecule has 0 N–H and O–H groups in total. The monoisotopic (exact) mass is 539 g/mol. The maximum Gasteiger partial charge on any atom is 0.293 e. The minimum atomic E-state index is -4.01. The lowest BCUT2D eigenvalue weighted by molar-refractivity contribution is -0.149. The highest BCUT2D eigenvalue weighted by Gasteiger charge is 2.57. The van der Waals surface area contributed by atoms with E-state index in [4.69, 9.17) is 16.0 Å². The number of carbonyl (C=O) groups is 3. The summed E-state index contributed by atoms with van der Waals surface area (Å²) in [5.41, 5.74) is -3.51. The molecular weight excluding hydrogens is 517 g/mol. The van der Waals surface area contributed by atoms with E-state index in [2.05, 4.69) is 15.2 Å². The predicted octanol–water partition coefficient (Wildman–Crippen LogP) is 3.58. The van der Waals surface area contributed by atoms with Crippen molar-refractivity contribution in [1.29, 1.82) is 0 Å². The number of sulfone groups is 1. The second-order valence-electron chi connectivity index (χ2n) is 7.95. The number of ether oxygens (including phenoxy) is 1. The van der Waals surface area contributed by atoms with E-state index < -0.39 is 79.1 Å². The number of hydrogen-bond donors (Lipinski definition) is 0. The average molecular weight is 540 g/mol. The molecule has 1 aromatic rings. The molecule has 0 aromatic heterocycles. The molecule has 1 aliphatic carbocycles. The zero-order valence-electron chi connectivity index (χ0n) is 18.4. The van der Waals surface area contributed by atoms with Crippen molar-refractivity contribution in [1.82, 2.24) is 0 Å². The first-order valence-corrected chi connectivity index (χ1v) is 13.0. The Labute approximate surface area is 203 Å². The van der Waals surface area contributed by atoms with E-state index in [1.54, 1.807) is 0 Å². The highest BCUT2D eigenvalue weighted by Crippen LogP contribution is 2.38. The summed E-state index contributed by atoms with van der Waals surface area (Å²) in [6.07, 6.45) is -3.75. The predicted molar refractivity (Wildman–Crippen MR) is 116 cm³/mol. The minimum absolute atomic E-state index is 0.122. The number of benzene rings is 1. The lowest BCUT2D eigenvalue weighted by atomic mass is 9.71. The van der Waals surface area contributed by atoms with Crippen molar-refractivity contribution in [3.63, 3.8) is 0 Å². The van der Waals surface area contributed by atoms with E-state index in [0.717, 1.165) is 24.8 Å². The van der Waals surface area contributed by atoms with E-state index in [9.17, 15) is 36.0 Å². The van der Waals surface area contributed by atoms with Crippen LogP contribution >= 0.6 is 11.6 Å². The maximum absolute atomic E-state index is 13.5. The van der Waals surface area contributed by atoms with Crippen LogP contribution in [0.3, 0.4) is 0 Å². The highest BCUT2D eigenvalue weighted by atomic mass is 35.5. The third-order valence-corrected chi connectivity index (χ3v) is 7.56. The lowest BCUT2D eigenvalue weighted by Crippen LogP contribution is -2.60. The van der Waals surface area contributed by atoms with Crippen LogP contribution in [-0.2, 0) is 35.2 Å². The Bertz CT molecular complexity index is 1070. The molecule has 3 unspecified atom stereocenters. The summed E-state index contributed by atoms with van der Waals surface area (Å²) >= 11 is 6.26. The summed E-state index contributed by atoms with van der Waals surface area (Å²) in [5, 5.41) is -0.589. The molecule has 1 aliphatic rings. The molecule has 3 radical (unpaired) electrons. The van der Waals surface area contributed by atoms with Crippen molar-refractivity contribution >= 4 is 49.3 Å². The summed E-state index contributed by atoms with van der Waals surface area (Å²) in [6, 6.07) is 1.92. The molecule has 1 aromatic carbocycles. The van der Waals surface area contributed by atoms with Gasteiger partial charge in [-0.25, -0.2) is 21.6 Å². The number of alkyl halides is 3. The zero-order valence-corrected chi connectivity index (χ0v) is 21.0. The number of halogens is 4. The summed E-state index contributed by atoms with van der Waals surface area (Å²) in [5.74, 6) is -3.36. The molecule has 3 atom stereocenters. The standard InChI is InChI=1S/C21H23ClF3O7SSi/c1-3-4-5-11-6-9-15(26)21(32-34,17(11)27)18(28)12-7-8-14(33(2,29)30)13(16(12)22)10-31-20(25)19(23)24/h7-8,11,19-20H,3-6,9-10H2,1-2H3. The van der Waals surface area contributed by atoms with Crippen LogP contribution < -0.4 is 0 Å². The van der Waals surface area contributed by atoms with Crippen LogP contribution in [0.4, 0.5) is 13.2 Å². The second-order valence-corrected chi connectivity index (χ2v) is 10.5. The Morgan fingerprint density at radius 3 is 2.47 bits per heavy atom. The fourth-order valence-electron chi connectivity index (χ4n) is 3.84. The molecule has 1 saturated carbocycles. The van der Waals surface area contributed by atoms with Gasteiger partial charge in [-0.3, -0.25) is 14.4 Å². The smallest absolute Gasteiger partial charge is 0.293 e. The topological polar surface area (TPSA) is 104 Å². The first-order chi connectivity index (χ1) is 15.8. The van der Waals surface area contributed by atoms with Crippen molar-refractivity contribution in [2.45, 2.75) is 68.9 Å². The van der Waals surface area contributed by atoms with Gasteiger partial charge in [0, 0.05) is 29.7 Å². The average Bonchev–Trinajstić information content (AvgIpc) is 2.77. The molecule has 0 heterocycles. The van der Waals surface area contributed by atoms with Crippen molar-refractivity contribution in [3.8, 4) is 0 Å². The van der Waals surface area contributed by atoms with Gasteiger partial charge in [-0.15, -0.1) is 0 Å². The number of unbranched alkanes of at least 4 members (excludes halogenated alkanes) is 1. The number of ketones is 3. The van der Waals surface area contributed by atoms with Crippen LogP contribution in [0, 0.1) is 5.92 Å². The third kappa shape index (κ3) is 5.62. The van der Waals surface area contributed by atoms with Crippen molar-refractivity contribution in [3.05, 3.63) is 28.3 Å². The molecule has 0 bridgehead atoms. The number of hydrogen-bond acceptors (Lipinski definition) is 7. The Hall–Kier alpha value is -1.60. The Morgan fingerprint density at radius 1 is 1.29 bits per heavy atom. The fraction of sp³-hybridized carbons (Fsp3) is 0.571. The van der Waals surface area contributed by atoms with Crippen molar-refractivity contribution < 1.29 is 45.1 Å². The molecule has 187 valence electrons. The van der Waals surface area contributed by atoms with Gasteiger partial charge in [-0.2, -0.15) is 0 Å². The van der Waals surface area contributed by atoms with Gasteiger partial charge >= 0.3 is 0 Å². The summed E-state index contributed by atoms with van der Waals surface area (Å²) in [6.45, 7) is 0.900. The fourth-order valence-corrected chi connectivity index (χ4v) is 5.43. The first-order valence-electron chi connectivity index (χ1n) is 10.3. The van der Waals surface area contributed by atoms with Gasteiger partial charge in [-0.1, -0.05) is 31.4 Å². The molecule has 0 spiro atoms. The third-order valence-electron chi connectivity index (χ3n) is 5.64. The first kappa shape index (κ1) is 28.6. The van der Waals surface area contributed by atoms with E-state index in [1.807, 2.05) is 6.92 Å². The molecule has 1 fully saturated rings. The SMILES string of the molecule is CCCCC1CCC(=O)C(O[Si])(C(=O)c2ccc(S(C)(=O)=O)c(COC(F)C(F)F)c2Cl)C1=O. The van der Waals surface area contributed by atoms with Crippen molar-refractivity contribution in [2.24, 2.45) is 5.92 Å². The Kier molecular flexibility index (Phi) is 9.62. The summed E-state index contributed by atoms with van der Waals surface area (Å²) < 4.78 is 72.1. The van der Waals surface area contributed by atoms with Gasteiger partial charge < -0.3 is 9.16 Å². The summed E-state index contributed by atoms with van der Waals surface area (Å²) in [4.78, 5) is 39.0. The van der Waals surface area contributed by atoms with E-state index in [-0.39, 0.29) is 12.8 Å². The van der Waals surface area contributed by atoms with Crippen LogP contribution in [0.5, 0.6) is 0 Å². The molecule has 7 nitrogen and oxygen atoms in total. The normalized spacial score (nSPS) is 22.3.